The van der Waals surface area contributed by atoms with Crippen LogP contribution in [-0.4, -0.2) is 43.2 Å². The molecule has 1 aliphatic heterocycles. The Morgan fingerprint density at radius 3 is 2.76 bits per heavy atom. The average Bonchev–Trinajstić information content (AvgIpc) is 2.30. The van der Waals surface area contributed by atoms with E-state index < -0.39 is 0 Å². The minimum absolute atomic E-state index is 0.0459. The first-order valence-electron chi connectivity index (χ1n) is 6.70. The molecule has 0 aromatic carbocycles. The lowest BCUT2D eigenvalue weighted by molar-refractivity contribution is -0.140. The Balaban J connectivity index is 2.56. The number of rotatable bonds is 5. The van der Waals surface area contributed by atoms with Gasteiger partial charge in [0.2, 0.25) is 5.91 Å². The number of hydrogen-bond donors (Lipinski definition) is 1. The van der Waals surface area contributed by atoms with Gasteiger partial charge in [-0.25, -0.2) is 0 Å². The summed E-state index contributed by atoms with van der Waals surface area (Å²) in [6.07, 6.45) is 2.31. The Hall–Kier alpha value is -0.610. The van der Waals surface area contributed by atoms with E-state index in [4.69, 9.17) is 10.5 Å². The minimum Gasteiger partial charge on any atom is -0.377 e. The fraction of sp³-hybridized carbons (Fsp3) is 0.923. The van der Waals surface area contributed by atoms with Gasteiger partial charge in [-0.05, 0) is 25.7 Å². The molecule has 0 radical (unpaired) electrons. The second-order valence-electron chi connectivity index (χ2n) is 5.09. The minimum atomic E-state index is -0.0459. The van der Waals surface area contributed by atoms with E-state index in [1.54, 1.807) is 0 Å². The molecule has 1 aliphatic rings. The standard InChI is InChI=1S/C13H26N2O2/c1-4-17-11-6-5-7-15(9-11)13(16)12(8-14)10(2)3/h10-12H,4-9,14H2,1-3H3. The number of likely N-dealkylation sites (tertiary alicyclic amines) is 1. The summed E-state index contributed by atoms with van der Waals surface area (Å²) < 4.78 is 5.61. The van der Waals surface area contributed by atoms with Crippen LogP contribution in [0.2, 0.25) is 0 Å². The predicted molar refractivity (Wildman–Crippen MR) is 68.6 cm³/mol. The number of carbonyl (C=O) groups is 1. The van der Waals surface area contributed by atoms with Gasteiger partial charge in [0.1, 0.15) is 0 Å². The Bertz CT molecular complexity index is 242. The molecule has 1 fully saturated rings. The summed E-state index contributed by atoms with van der Waals surface area (Å²) in [5.41, 5.74) is 5.70. The number of amides is 1. The molecule has 0 aromatic heterocycles. The topological polar surface area (TPSA) is 55.6 Å². The number of nitrogens with two attached hydrogens (primary N) is 1. The lowest BCUT2D eigenvalue weighted by Gasteiger charge is -2.35. The molecule has 1 heterocycles. The van der Waals surface area contributed by atoms with Gasteiger partial charge in [-0.15, -0.1) is 0 Å². The third kappa shape index (κ3) is 3.96. The smallest absolute Gasteiger partial charge is 0.227 e. The maximum Gasteiger partial charge on any atom is 0.227 e. The molecule has 1 amide bonds. The molecule has 4 heteroatoms. The summed E-state index contributed by atoms with van der Waals surface area (Å²) in [6.45, 7) is 8.85. The van der Waals surface area contributed by atoms with E-state index >= 15 is 0 Å². The van der Waals surface area contributed by atoms with Crippen LogP contribution < -0.4 is 5.73 Å². The summed E-state index contributed by atoms with van der Waals surface area (Å²) in [6, 6.07) is 0. The fourth-order valence-electron chi connectivity index (χ4n) is 2.40. The zero-order valence-corrected chi connectivity index (χ0v) is 11.3. The van der Waals surface area contributed by atoms with Gasteiger partial charge in [0.15, 0.2) is 0 Å². The normalized spacial score (nSPS) is 22.9. The van der Waals surface area contributed by atoms with Crippen LogP contribution in [0.4, 0.5) is 0 Å². The Morgan fingerprint density at radius 2 is 2.24 bits per heavy atom. The molecule has 2 unspecified atom stereocenters. The molecule has 0 aliphatic carbocycles. The second kappa shape index (κ2) is 6.97. The van der Waals surface area contributed by atoms with E-state index in [1.165, 1.54) is 0 Å². The highest BCUT2D eigenvalue weighted by atomic mass is 16.5. The monoisotopic (exact) mass is 242 g/mol. The van der Waals surface area contributed by atoms with Crippen molar-refractivity contribution in [3.05, 3.63) is 0 Å². The van der Waals surface area contributed by atoms with Gasteiger partial charge < -0.3 is 15.4 Å². The highest BCUT2D eigenvalue weighted by Gasteiger charge is 2.29. The zero-order chi connectivity index (χ0) is 12.8. The van der Waals surface area contributed by atoms with Crippen molar-refractivity contribution < 1.29 is 9.53 Å². The predicted octanol–water partition coefficient (Wildman–Crippen LogP) is 1.24. The van der Waals surface area contributed by atoms with Crippen LogP contribution >= 0.6 is 0 Å². The number of hydrogen-bond acceptors (Lipinski definition) is 3. The van der Waals surface area contributed by atoms with E-state index in [-0.39, 0.29) is 17.9 Å². The van der Waals surface area contributed by atoms with Gasteiger partial charge in [0.05, 0.1) is 12.0 Å². The maximum absolute atomic E-state index is 12.3. The van der Waals surface area contributed by atoms with Crippen molar-refractivity contribution >= 4 is 5.91 Å². The molecular formula is C13H26N2O2. The van der Waals surface area contributed by atoms with Crippen molar-refractivity contribution in [3.63, 3.8) is 0 Å². The van der Waals surface area contributed by atoms with Crippen LogP contribution in [0.5, 0.6) is 0 Å². The lowest BCUT2D eigenvalue weighted by atomic mass is 9.93. The Labute approximate surface area is 104 Å². The summed E-state index contributed by atoms with van der Waals surface area (Å²) >= 11 is 0. The number of nitrogens with zero attached hydrogens (tertiary/aromatic N) is 1. The quantitative estimate of drug-likeness (QED) is 0.789. The number of ether oxygens (including phenoxy) is 1. The van der Waals surface area contributed by atoms with E-state index in [0.29, 0.717) is 12.5 Å². The van der Waals surface area contributed by atoms with Crippen LogP contribution in [0.3, 0.4) is 0 Å². The molecular weight excluding hydrogens is 216 g/mol. The molecule has 0 bridgehead atoms. The van der Waals surface area contributed by atoms with Crippen molar-refractivity contribution in [1.82, 2.24) is 4.90 Å². The first kappa shape index (κ1) is 14.5. The van der Waals surface area contributed by atoms with Gasteiger partial charge in [0, 0.05) is 26.2 Å². The molecule has 2 atom stereocenters. The van der Waals surface area contributed by atoms with Crippen molar-refractivity contribution in [2.24, 2.45) is 17.6 Å². The molecule has 1 saturated heterocycles. The largest absolute Gasteiger partial charge is 0.377 e. The van der Waals surface area contributed by atoms with Gasteiger partial charge in [0.25, 0.3) is 0 Å². The van der Waals surface area contributed by atoms with Crippen molar-refractivity contribution in [2.45, 2.75) is 39.7 Å². The fourth-order valence-corrected chi connectivity index (χ4v) is 2.40. The molecule has 4 nitrogen and oxygen atoms in total. The van der Waals surface area contributed by atoms with Crippen LogP contribution in [0, 0.1) is 11.8 Å². The molecule has 0 saturated carbocycles. The average molecular weight is 242 g/mol. The van der Waals surface area contributed by atoms with E-state index in [9.17, 15) is 4.79 Å². The highest BCUT2D eigenvalue weighted by molar-refractivity contribution is 5.79. The molecule has 100 valence electrons. The Kier molecular flexibility index (Phi) is 5.92. The van der Waals surface area contributed by atoms with Crippen LogP contribution in [0.15, 0.2) is 0 Å². The van der Waals surface area contributed by atoms with Crippen molar-refractivity contribution in [2.75, 3.05) is 26.2 Å². The molecule has 1 rings (SSSR count). The van der Waals surface area contributed by atoms with Gasteiger partial charge >= 0.3 is 0 Å². The summed E-state index contributed by atoms with van der Waals surface area (Å²) in [5, 5.41) is 0. The SMILES string of the molecule is CCOC1CCCN(C(=O)C(CN)C(C)C)C1. The third-order valence-corrected chi connectivity index (χ3v) is 3.47. The second-order valence-corrected chi connectivity index (χ2v) is 5.09. The summed E-state index contributed by atoms with van der Waals surface area (Å²) in [7, 11) is 0. The first-order chi connectivity index (χ1) is 8.10. The molecule has 0 spiro atoms. The highest BCUT2D eigenvalue weighted by Crippen LogP contribution is 2.19. The molecule has 17 heavy (non-hydrogen) atoms. The van der Waals surface area contributed by atoms with Gasteiger partial charge in [-0.3, -0.25) is 4.79 Å². The van der Waals surface area contributed by atoms with E-state index in [1.807, 2.05) is 11.8 Å². The summed E-state index contributed by atoms with van der Waals surface area (Å²) in [4.78, 5) is 14.2. The van der Waals surface area contributed by atoms with Gasteiger partial charge in [-0.2, -0.15) is 0 Å². The van der Waals surface area contributed by atoms with Crippen LogP contribution in [0.1, 0.15) is 33.6 Å². The number of carbonyl (C=O) groups excluding carboxylic acids is 1. The van der Waals surface area contributed by atoms with Crippen LogP contribution in [0.25, 0.3) is 0 Å². The summed E-state index contributed by atoms with van der Waals surface area (Å²) in [5.74, 6) is 0.460. The van der Waals surface area contributed by atoms with Gasteiger partial charge in [-0.1, -0.05) is 13.8 Å². The van der Waals surface area contributed by atoms with Crippen molar-refractivity contribution in [3.8, 4) is 0 Å². The molecule has 2 N–H and O–H groups in total. The van der Waals surface area contributed by atoms with E-state index in [2.05, 4.69) is 13.8 Å². The molecule has 0 aromatic rings. The Morgan fingerprint density at radius 1 is 1.53 bits per heavy atom. The first-order valence-corrected chi connectivity index (χ1v) is 6.70. The number of piperidine rings is 1. The zero-order valence-electron chi connectivity index (χ0n) is 11.3. The van der Waals surface area contributed by atoms with Crippen molar-refractivity contribution in [1.29, 1.82) is 0 Å². The third-order valence-electron chi connectivity index (χ3n) is 3.47. The van der Waals surface area contributed by atoms with E-state index in [0.717, 1.165) is 32.5 Å². The maximum atomic E-state index is 12.3. The lowest BCUT2D eigenvalue weighted by Crippen LogP contribution is -2.48. The van der Waals surface area contributed by atoms with Crippen LogP contribution in [-0.2, 0) is 9.53 Å².